The Bertz CT molecular complexity index is 958. The number of carbonyl (C=O) groups excluding carboxylic acids is 1. The van der Waals surface area contributed by atoms with E-state index in [1.165, 1.54) is 0 Å². The maximum atomic E-state index is 13.0. The fraction of sp³-hybridized carbons (Fsp3) is 0.350. The molecule has 2 atom stereocenters. The SMILES string of the molecule is Cc1ccc(N2C(=O)CN(Cc3ccc(Cl)cc3)[C@@H]3CS(=O)(=O)C[C@@H]32)cc1. The fourth-order valence-corrected chi connectivity index (χ4v) is 6.10. The average Bonchev–Trinajstić information content (AvgIpc) is 2.93. The molecule has 0 saturated carbocycles. The third kappa shape index (κ3) is 3.74. The molecule has 2 fully saturated rings. The predicted octanol–water partition coefficient (Wildman–Crippen LogP) is 2.66. The largest absolute Gasteiger partial charge is 0.306 e. The standard InChI is InChI=1S/C20H21ClN2O3S/c1-14-2-8-17(9-3-14)23-19-13-27(25,26)12-18(19)22(11-20(23)24)10-15-4-6-16(21)7-5-15/h2-9,18-19H,10-13H2,1H3/t18-,19+/m1/s1. The number of nitrogens with zero attached hydrogens (tertiary/aromatic N) is 2. The van der Waals surface area contributed by atoms with Gasteiger partial charge in [0.05, 0.1) is 24.1 Å². The molecule has 0 spiro atoms. The normalized spacial score (nSPS) is 24.8. The van der Waals surface area contributed by atoms with Crippen molar-refractivity contribution in [1.29, 1.82) is 0 Å². The molecule has 2 aromatic rings. The molecule has 0 unspecified atom stereocenters. The number of sulfone groups is 1. The van der Waals surface area contributed by atoms with Crippen LogP contribution < -0.4 is 4.90 Å². The molecule has 0 N–H and O–H groups in total. The minimum atomic E-state index is -3.19. The molecule has 0 bridgehead atoms. The monoisotopic (exact) mass is 404 g/mol. The highest BCUT2D eigenvalue weighted by Gasteiger charge is 2.49. The van der Waals surface area contributed by atoms with Crippen LogP contribution in [-0.2, 0) is 21.2 Å². The van der Waals surface area contributed by atoms with Crippen LogP contribution >= 0.6 is 11.6 Å². The van der Waals surface area contributed by atoms with Gasteiger partial charge >= 0.3 is 0 Å². The minimum Gasteiger partial charge on any atom is -0.306 e. The summed E-state index contributed by atoms with van der Waals surface area (Å²) in [4.78, 5) is 16.6. The summed E-state index contributed by atoms with van der Waals surface area (Å²) >= 11 is 5.95. The van der Waals surface area contributed by atoms with E-state index < -0.39 is 9.84 Å². The summed E-state index contributed by atoms with van der Waals surface area (Å²) in [5.41, 5.74) is 2.88. The van der Waals surface area contributed by atoms with Crippen LogP contribution in [-0.4, -0.2) is 49.4 Å². The number of hydrogen-bond donors (Lipinski definition) is 0. The van der Waals surface area contributed by atoms with E-state index in [0.29, 0.717) is 11.6 Å². The number of rotatable bonds is 3. The van der Waals surface area contributed by atoms with Crippen molar-refractivity contribution in [3.05, 3.63) is 64.7 Å². The highest BCUT2D eigenvalue weighted by atomic mass is 35.5. The van der Waals surface area contributed by atoms with Gasteiger partial charge in [-0.1, -0.05) is 41.4 Å². The van der Waals surface area contributed by atoms with Crippen LogP contribution in [0.15, 0.2) is 48.5 Å². The number of hydrogen-bond acceptors (Lipinski definition) is 4. The van der Waals surface area contributed by atoms with Gasteiger partial charge in [-0.2, -0.15) is 0 Å². The van der Waals surface area contributed by atoms with E-state index in [4.69, 9.17) is 11.6 Å². The Morgan fingerprint density at radius 1 is 1.00 bits per heavy atom. The zero-order valence-corrected chi connectivity index (χ0v) is 16.6. The van der Waals surface area contributed by atoms with Crippen LogP contribution in [0, 0.1) is 6.92 Å². The van der Waals surface area contributed by atoms with Gasteiger partial charge in [0.15, 0.2) is 9.84 Å². The highest BCUT2D eigenvalue weighted by Crippen LogP contribution is 2.32. The third-order valence-corrected chi connectivity index (χ3v) is 7.26. The van der Waals surface area contributed by atoms with Crippen molar-refractivity contribution in [3.63, 3.8) is 0 Å². The lowest BCUT2D eigenvalue weighted by Crippen LogP contribution is -2.61. The number of fused-ring (bicyclic) bond motifs is 1. The minimum absolute atomic E-state index is 0.00833. The number of amides is 1. The summed E-state index contributed by atoms with van der Waals surface area (Å²) in [6, 6.07) is 14.6. The van der Waals surface area contributed by atoms with Gasteiger partial charge in [0, 0.05) is 23.3 Å². The maximum absolute atomic E-state index is 13.0. The van der Waals surface area contributed by atoms with Crippen molar-refractivity contribution in [1.82, 2.24) is 4.90 Å². The lowest BCUT2D eigenvalue weighted by molar-refractivity contribution is -0.123. The van der Waals surface area contributed by atoms with Gasteiger partial charge in [-0.3, -0.25) is 9.69 Å². The first kappa shape index (κ1) is 18.5. The Labute approximate surface area is 164 Å². The number of benzene rings is 2. The molecule has 2 heterocycles. The van der Waals surface area contributed by atoms with E-state index in [9.17, 15) is 13.2 Å². The summed E-state index contributed by atoms with van der Waals surface area (Å²) in [6.45, 7) is 2.72. The van der Waals surface area contributed by atoms with Crippen molar-refractivity contribution in [2.75, 3.05) is 23.0 Å². The molecule has 0 aromatic heterocycles. The Hall–Kier alpha value is -1.89. The summed E-state index contributed by atoms with van der Waals surface area (Å²) in [7, 11) is -3.19. The number of piperazine rings is 1. The van der Waals surface area contributed by atoms with Crippen LogP contribution in [0.5, 0.6) is 0 Å². The predicted molar refractivity (Wildman–Crippen MR) is 107 cm³/mol. The molecule has 2 aliphatic rings. The maximum Gasteiger partial charge on any atom is 0.241 e. The van der Waals surface area contributed by atoms with E-state index in [0.717, 1.165) is 16.8 Å². The zero-order chi connectivity index (χ0) is 19.2. The van der Waals surface area contributed by atoms with Crippen molar-refractivity contribution < 1.29 is 13.2 Å². The van der Waals surface area contributed by atoms with Gasteiger partial charge < -0.3 is 4.90 Å². The summed E-state index contributed by atoms with van der Waals surface area (Å²) in [5, 5.41) is 0.653. The fourth-order valence-electron chi connectivity index (χ4n) is 4.00. The number of halogens is 1. The van der Waals surface area contributed by atoms with Gasteiger partial charge in [0.2, 0.25) is 5.91 Å². The Morgan fingerprint density at radius 3 is 2.30 bits per heavy atom. The molecule has 2 aromatic carbocycles. The van der Waals surface area contributed by atoms with Gasteiger partial charge in [0.1, 0.15) is 0 Å². The highest BCUT2D eigenvalue weighted by molar-refractivity contribution is 7.91. The smallest absolute Gasteiger partial charge is 0.241 e. The van der Waals surface area contributed by atoms with Crippen molar-refractivity contribution in [3.8, 4) is 0 Å². The lowest BCUT2D eigenvalue weighted by atomic mass is 10.0. The average molecular weight is 405 g/mol. The first-order valence-electron chi connectivity index (χ1n) is 8.90. The second-order valence-corrected chi connectivity index (χ2v) is 9.93. The van der Waals surface area contributed by atoms with Gasteiger partial charge in [0.25, 0.3) is 0 Å². The van der Waals surface area contributed by atoms with Crippen molar-refractivity contribution in [2.45, 2.75) is 25.6 Å². The van der Waals surface area contributed by atoms with Crippen LogP contribution in [0.2, 0.25) is 5.02 Å². The first-order chi connectivity index (χ1) is 12.8. The van der Waals surface area contributed by atoms with Gasteiger partial charge in [-0.05, 0) is 36.8 Å². The Kier molecular flexibility index (Phi) is 4.74. The summed E-state index contributed by atoms with van der Waals surface area (Å²) < 4.78 is 24.8. The van der Waals surface area contributed by atoms with Crippen LogP contribution in [0.4, 0.5) is 5.69 Å². The lowest BCUT2D eigenvalue weighted by Gasteiger charge is -2.43. The quantitative estimate of drug-likeness (QED) is 0.789. The second-order valence-electron chi connectivity index (χ2n) is 7.34. The third-order valence-electron chi connectivity index (χ3n) is 5.31. The zero-order valence-electron chi connectivity index (χ0n) is 15.0. The first-order valence-corrected chi connectivity index (χ1v) is 11.1. The van der Waals surface area contributed by atoms with E-state index >= 15 is 0 Å². The molecule has 4 rings (SSSR count). The molecule has 0 aliphatic carbocycles. The Morgan fingerprint density at radius 2 is 1.63 bits per heavy atom. The number of aryl methyl sites for hydroxylation is 1. The topological polar surface area (TPSA) is 57.7 Å². The van der Waals surface area contributed by atoms with Crippen LogP contribution in [0.25, 0.3) is 0 Å². The van der Waals surface area contributed by atoms with E-state index in [1.54, 1.807) is 4.90 Å². The van der Waals surface area contributed by atoms with Crippen molar-refractivity contribution >= 4 is 33.0 Å². The molecule has 2 aliphatic heterocycles. The molecule has 7 heteroatoms. The summed E-state index contributed by atoms with van der Waals surface area (Å²) in [6.07, 6.45) is 0. The van der Waals surface area contributed by atoms with Crippen molar-refractivity contribution in [2.24, 2.45) is 0 Å². The number of anilines is 1. The van der Waals surface area contributed by atoms with Crippen LogP contribution in [0.3, 0.4) is 0 Å². The van der Waals surface area contributed by atoms with Gasteiger partial charge in [-0.15, -0.1) is 0 Å². The van der Waals surface area contributed by atoms with Crippen LogP contribution in [0.1, 0.15) is 11.1 Å². The van der Waals surface area contributed by atoms with Gasteiger partial charge in [-0.25, -0.2) is 8.42 Å². The molecular formula is C20H21ClN2O3S. The number of carbonyl (C=O) groups is 1. The molecule has 2 saturated heterocycles. The van der Waals surface area contributed by atoms with E-state index in [-0.39, 0.29) is 36.0 Å². The second kappa shape index (κ2) is 6.93. The molecular weight excluding hydrogens is 384 g/mol. The molecule has 0 radical (unpaired) electrons. The Balaban J connectivity index is 1.65. The van der Waals surface area contributed by atoms with E-state index in [2.05, 4.69) is 0 Å². The molecule has 1 amide bonds. The molecule has 142 valence electrons. The van der Waals surface area contributed by atoms with E-state index in [1.807, 2.05) is 60.4 Å². The molecule has 5 nitrogen and oxygen atoms in total. The summed E-state index contributed by atoms with van der Waals surface area (Å²) in [5.74, 6) is 0.0288. The molecule has 27 heavy (non-hydrogen) atoms.